The third kappa shape index (κ3) is 4.32. The lowest BCUT2D eigenvalue weighted by Gasteiger charge is -2.17. The Bertz CT molecular complexity index is 335. The molecule has 0 aliphatic heterocycles. The Morgan fingerprint density at radius 2 is 1.82 bits per heavy atom. The van der Waals surface area contributed by atoms with Crippen molar-refractivity contribution in [1.82, 2.24) is 0 Å². The van der Waals surface area contributed by atoms with Crippen molar-refractivity contribution in [3.8, 4) is 5.75 Å². The molecule has 3 nitrogen and oxygen atoms in total. The standard InChI is InChI=1S/C13H19FO3/c1-4-15-12(16-5-2)9-17-11-8-6-7-10(3)13(11)14/h6-8,12H,4-5,9H2,1-3H3. The molecule has 0 atom stereocenters. The summed E-state index contributed by atoms with van der Waals surface area (Å²) in [7, 11) is 0. The van der Waals surface area contributed by atoms with Crippen molar-refractivity contribution in [2.45, 2.75) is 27.1 Å². The van der Waals surface area contributed by atoms with Crippen LogP contribution in [0.3, 0.4) is 0 Å². The summed E-state index contributed by atoms with van der Waals surface area (Å²) in [6, 6.07) is 5.05. The highest BCUT2D eigenvalue weighted by molar-refractivity contribution is 5.30. The molecule has 0 fully saturated rings. The van der Waals surface area contributed by atoms with Crippen molar-refractivity contribution in [2.24, 2.45) is 0 Å². The van der Waals surface area contributed by atoms with Gasteiger partial charge in [-0.1, -0.05) is 12.1 Å². The highest BCUT2D eigenvalue weighted by atomic mass is 19.1. The molecule has 0 N–H and O–H groups in total. The molecule has 1 aromatic carbocycles. The van der Waals surface area contributed by atoms with E-state index in [1.807, 2.05) is 13.8 Å². The number of benzene rings is 1. The van der Waals surface area contributed by atoms with Crippen LogP contribution in [0.1, 0.15) is 19.4 Å². The van der Waals surface area contributed by atoms with Crippen LogP contribution in [-0.4, -0.2) is 26.1 Å². The van der Waals surface area contributed by atoms with E-state index in [2.05, 4.69) is 0 Å². The van der Waals surface area contributed by atoms with Crippen LogP contribution < -0.4 is 4.74 Å². The van der Waals surface area contributed by atoms with Gasteiger partial charge in [0, 0.05) is 13.2 Å². The molecule has 0 aromatic heterocycles. The normalized spacial score (nSPS) is 10.9. The number of aryl methyl sites for hydroxylation is 1. The summed E-state index contributed by atoms with van der Waals surface area (Å²) < 4.78 is 29.6. The van der Waals surface area contributed by atoms with Crippen LogP contribution in [0.25, 0.3) is 0 Å². The minimum absolute atomic E-state index is 0.183. The Morgan fingerprint density at radius 3 is 2.41 bits per heavy atom. The van der Waals surface area contributed by atoms with Crippen LogP contribution in [0.2, 0.25) is 0 Å². The number of hydrogen-bond donors (Lipinski definition) is 0. The molecule has 1 rings (SSSR count). The van der Waals surface area contributed by atoms with Crippen LogP contribution in [0.15, 0.2) is 18.2 Å². The predicted molar refractivity (Wildman–Crippen MR) is 63.7 cm³/mol. The Labute approximate surface area is 101 Å². The monoisotopic (exact) mass is 242 g/mol. The number of rotatable bonds is 7. The van der Waals surface area contributed by atoms with E-state index in [0.717, 1.165) is 0 Å². The molecule has 17 heavy (non-hydrogen) atoms. The van der Waals surface area contributed by atoms with Crippen molar-refractivity contribution in [3.63, 3.8) is 0 Å². The molecule has 0 unspecified atom stereocenters. The van der Waals surface area contributed by atoms with Gasteiger partial charge in [0.1, 0.15) is 6.61 Å². The van der Waals surface area contributed by atoms with Crippen LogP contribution >= 0.6 is 0 Å². The van der Waals surface area contributed by atoms with E-state index in [4.69, 9.17) is 14.2 Å². The smallest absolute Gasteiger partial charge is 0.191 e. The Balaban J connectivity index is 2.55. The van der Waals surface area contributed by atoms with Crippen molar-refractivity contribution < 1.29 is 18.6 Å². The molecule has 0 bridgehead atoms. The van der Waals surface area contributed by atoms with Crippen molar-refractivity contribution in [2.75, 3.05) is 19.8 Å². The first-order chi connectivity index (χ1) is 8.19. The summed E-state index contributed by atoms with van der Waals surface area (Å²) in [5.74, 6) is -0.103. The molecular formula is C13H19FO3. The van der Waals surface area contributed by atoms with Gasteiger partial charge in [0.25, 0.3) is 0 Å². The first-order valence-electron chi connectivity index (χ1n) is 5.80. The second-order valence-electron chi connectivity index (χ2n) is 3.54. The highest BCUT2D eigenvalue weighted by Gasteiger charge is 2.11. The van der Waals surface area contributed by atoms with Gasteiger partial charge in [-0.25, -0.2) is 4.39 Å². The summed E-state index contributed by atoms with van der Waals surface area (Å²) in [5.41, 5.74) is 0.562. The summed E-state index contributed by atoms with van der Waals surface area (Å²) in [5, 5.41) is 0. The van der Waals surface area contributed by atoms with E-state index in [0.29, 0.717) is 18.8 Å². The Morgan fingerprint density at radius 1 is 1.18 bits per heavy atom. The third-order valence-electron chi connectivity index (χ3n) is 2.24. The largest absolute Gasteiger partial charge is 0.485 e. The summed E-state index contributed by atoms with van der Waals surface area (Å²) in [6.45, 7) is 6.69. The molecule has 4 heteroatoms. The van der Waals surface area contributed by atoms with Crippen LogP contribution in [0.4, 0.5) is 4.39 Å². The van der Waals surface area contributed by atoms with E-state index in [1.165, 1.54) is 0 Å². The average molecular weight is 242 g/mol. The van der Waals surface area contributed by atoms with Crippen molar-refractivity contribution in [1.29, 1.82) is 0 Å². The van der Waals surface area contributed by atoms with Gasteiger partial charge in [0.15, 0.2) is 17.9 Å². The zero-order chi connectivity index (χ0) is 12.7. The molecule has 0 spiro atoms. The van der Waals surface area contributed by atoms with Gasteiger partial charge in [0.05, 0.1) is 0 Å². The Hall–Kier alpha value is -1.13. The topological polar surface area (TPSA) is 27.7 Å². The lowest BCUT2D eigenvalue weighted by atomic mass is 10.2. The summed E-state index contributed by atoms with van der Waals surface area (Å²) >= 11 is 0. The summed E-state index contributed by atoms with van der Waals surface area (Å²) in [4.78, 5) is 0. The first kappa shape index (κ1) is 13.9. The van der Waals surface area contributed by atoms with Crippen molar-refractivity contribution in [3.05, 3.63) is 29.6 Å². The molecule has 0 heterocycles. The molecule has 96 valence electrons. The quantitative estimate of drug-likeness (QED) is 0.688. The Kier molecular flexibility index (Phi) is 5.94. The lowest BCUT2D eigenvalue weighted by Crippen LogP contribution is -2.25. The zero-order valence-electron chi connectivity index (χ0n) is 10.5. The van der Waals surface area contributed by atoms with E-state index in [1.54, 1.807) is 25.1 Å². The molecule has 0 saturated heterocycles. The van der Waals surface area contributed by atoms with Crippen LogP contribution in [0.5, 0.6) is 5.75 Å². The molecule has 0 amide bonds. The van der Waals surface area contributed by atoms with Gasteiger partial charge in [0.2, 0.25) is 0 Å². The van der Waals surface area contributed by atoms with Crippen LogP contribution in [0, 0.1) is 12.7 Å². The average Bonchev–Trinajstić information content (AvgIpc) is 2.31. The minimum Gasteiger partial charge on any atom is -0.485 e. The highest BCUT2D eigenvalue weighted by Crippen LogP contribution is 2.19. The second-order valence-corrected chi connectivity index (χ2v) is 3.54. The van der Waals surface area contributed by atoms with Gasteiger partial charge < -0.3 is 14.2 Å². The molecular weight excluding hydrogens is 223 g/mol. The van der Waals surface area contributed by atoms with Gasteiger partial charge in [-0.15, -0.1) is 0 Å². The number of hydrogen-bond acceptors (Lipinski definition) is 3. The fraction of sp³-hybridized carbons (Fsp3) is 0.538. The fourth-order valence-electron chi connectivity index (χ4n) is 1.41. The second kappa shape index (κ2) is 7.25. The zero-order valence-corrected chi connectivity index (χ0v) is 10.5. The number of halogens is 1. The molecule has 0 saturated carbocycles. The maximum absolute atomic E-state index is 13.6. The van der Waals surface area contributed by atoms with E-state index in [9.17, 15) is 4.39 Å². The number of ether oxygens (including phenoxy) is 3. The fourth-order valence-corrected chi connectivity index (χ4v) is 1.41. The first-order valence-corrected chi connectivity index (χ1v) is 5.80. The minimum atomic E-state index is -0.454. The third-order valence-corrected chi connectivity index (χ3v) is 2.24. The maximum atomic E-state index is 13.6. The molecule has 0 aliphatic carbocycles. The van der Waals surface area contributed by atoms with Gasteiger partial charge in [-0.2, -0.15) is 0 Å². The van der Waals surface area contributed by atoms with Crippen molar-refractivity contribution >= 4 is 0 Å². The van der Waals surface area contributed by atoms with E-state index < -0.39 is 6.29 Å². The molecule has 0 radical (unpaired) electrons. The van der Waals surface area contributed by atoms with Crippen LogP contribution in [-0.2, 0) is 9.47 Å². The summed E-state index contributed by atoms with van der Waals surface area (Å²) in [6.07, 6.45) is -0.454. The van der Waals surface area contributed by atoms with Gasteiger partial charge in [-0.05, 0) is 32.4 Å². The van der Waals surface area contributed by atoms with Gasteiger partial charge >= 0.3 is 0 Å². The van der Waals surface area contributed by atoms with E-state index in [-0.39, 0.29) is 18.2 Å². The molecule has 1 aromatic rings. The lowest BCUT2D eigenvalue weighted by molar-refractivity contribution is -0.152. The SMILES string of the molecule is CCOC(COc1cccc(C)c1F)OCC. The van der Waals surface area contributed by atoms with E-state index >= 15 is 0 Å². The predicted octanol–water partition coefficient (Wildman–Crippen LogP) is 2.91. The molecule has 0 aliphatic rings. The van der Waals surface area contributed by atoms with Gasteiger partial charge in [-0.3, -0.25) is 0 Å². The maximum Gasteiger partial charge on any atom is 0.191 e.